The highest BCUT2D eigenvalue weighted by Crippen LogP contribution is 2.17. The minimum absolute atomic E-state index is 0.280. The highest BCUT2D eigenvalue weighted by Gasteiger charge is 2.18. The fraction of sp³-hybridized carbons (Fsp3) is 0.636. The van der Waals surface area contributed by atoms with Crippen molar-refractivity contribution >= 4 is 5.82 Å². The van der Waals surface area contributed by atoms with Crippen molar-refractivity contribution in [2.45, 2.75) is 32.7 Å². The number of nitrogens with zero attached hydrogens (tertiary/aromatic N) is 3. The zero-order valence-corrected chi connectivity index (χ0v) is 9.40. The van der Waals surface area contributed by atoms with Crippen LogP contribution in [0.5, 0.6) is 0 Å². The van der Waals surface area contributed by atoms with E-state index in [-0.39, 0.29) is 6.04 Å². The van der Waals surface area contributed by atoms with E-state index in [9.17, 15) is 0 Å². The number of hydrogen-bond donors (Lipinski definition) is 1. The van der Waals surface area contributed by atoms with E-state index in [0.717, 1.165) is 43.1 Å². The quantitative estimate of drug-likeness (QED) is 0.745. The van der Waals surface area contributed by atoms with E-state index in [1.807, 2.05) is 20.0 Å². The normalized spacial score (nSPS) is 21.8. The van der Waals surface area contributed by atoms with Crippen LogP contribution in [0.4, 0.5) is 5.82 Å². The first-order chi connectivity index (χ1) is 7.16. The summed E-state index contributed by atoms with van der Waals surface area (Å²) in [6.45, 7) is 5.92. The highest BCUT2D eigenvalue weighted by molar-refractivity contribution is 5.38. The number of aromatic nitrogens is 2. The highest BCUT2D eigenvalue weighted by atomic mass is 15.2. The lowest BCUT2D eigenvalue weighted by Crippen LogP contribution is -2.43. The summed E-state index contributed by atoms with van der Waals surface area (Å²) in [5.74, 6) is 0.966. The second-order valence-corrected chi connectivity index (χ2v) is 4.25. The lowest BCUT2D eigenvalue weighted by Gasteiger charge is -2.31. The van der Waals surface area contributed by atoms with Gasteiger partial charge in [0.05, 0.1) is 17.6 Å². The monoisotopic (exact) mass is 206 g/mol. The van der Waals surface area contributed by atoms with E-state index in [2.05, 4.69) is 14.9 Å². The third kappa shape index (κ3) is 2.26. The van der Waals surface area contributed by atoms with Crippen LogP contribution in [0.1, 0.15) is 24.2 Å². The molecule has 1 saturated heterocycles. The second kappa shape index (κ2) is 4.14. The topological polar surface area (TPSA) is 55.0 Å². The molecule has 1 aliphatic heterocycles. The molecule has 0 radical (unpaired) electrons. The first-order valence-electron chi connectivity index (χ1n) is 5.47. The Morgan fingerprint density at radius 1 is 1.40 bits per heavy atom. The number of hydrogen-bond acceptors (Lipinski definition) is 4. The van der Waals surface area contributed by atoms with Gasteiger partial charge in [0.2, 0.25) is 0 Å². The summed E-state index contributed by atoms with van der Waals surface area (Å²) in [7, 11) is 0. The molecule has 4 heteroatoms. The average Bonchev–Trinajstić information content (AvgIpc) is 2.22. The molecule has 2 heterocycles. The summed E-state index contributed by atoms with van der Waals surface area (Å²) in [4.78, 5) is 11.1. The van der Waals surface area contributed by atoms with Gasteiger partial charge in [0.1, 0.15) is 5.82 Å². The van der Waals surface area contributed by atoms with E-state index in [0.29, 0.717) is 0 Å². The van der Waals surface area contributed by atoms with E-state index < -0.39 is 0 Å². The zero-order valence-electron chi connectivity index (χ0n) is 9.40. The Kier molecular flexibility index (Phi) is 2.86. The predicted molar refractivity (Wildman–Crippen MR) is 60.9 cm³/mol. The molecule has 0 amide bonds. The van der Waals surface area contributed by atoms with Gasteiger partial charge in [-0.2, -0.15) is 0 Å². The van der Waals surface area contributed by atoms with E-state index in [1.165, 1.54) is 0 Å². The predicted octanol–water partition coefficient (Wildman–Crippen LogP) is 1.02. The van der Waals surface area contributed by atoms with E-state index in [1.54, 1.807) is 0 Å². The van der Waals surface area contributed by atoms with Crippen molar-refractivity contribution in [1.82, 2.24) is 9.97 Å². The van der Waals surface area contributed by atoms with Crippen LogP contribution in [0.2, 0.25) is 0 Å². The van der Waals surface area contributed by atoms with Gasteiger partial charge in [-0.1, -0.05) is 0 Å². The SMILES string of the molecule is Cc1ncc(N2CCCC(N)C2)nc1C. The van der Waals surface area contributed by atoms with Gasteiger partial charge < -0.3 is 10.6 Å². The molecular weight excluding hydrogens is 188 g/mol. The molecule has 0 bridgehead atoms. The Balaban J connectivity index is 2.18. The fourth-order valence-electron chi connectivity index (χ4n) is 1.90. The maximum Gasteiger partial charge on any atom is 0.147 e. The molecule has 1 aromatic heterocycles. The molecule has 82 valence electrons. The molecule has 1 aliphatic rings. The van der Waals surface area contributed by atoms with Crippen LogP contribution < -0.4 is 10.6 Å². The molecular formula is C11H18N4. The number of nitrogens with two attached hydrogens (primary N) is 1. The van der Waals surface area contributed by atoms with Crippen molar-refractivity contribution < 1.29 is 0 Å². The molecule has 0 spiro atoms. The van der Waals surface area contributed by atoms with Crippen LogP contribution in [-0.2, 0) is 0 Å². The fourth-order valence-corrected chi connectivity index (χ4v) is 1.90. The van der Waals surface area contributed by atoms with Crippen molar-refractivity contribution in [2.24, 2.45) is 5.73 Å². The largest absolute Gasteiger partial charge is 0.354 e. The van der Waals surface area contributed by atoms with Crippen LogP contribution in [0.3, 0.4) is 0 Å². The Bertz CT molecular complexity index is 350. The molecule has 1 unspecified atom stereocenters. The molecule has 2 rings (SSSR count). The lowest BCUT2D eigenvalue weighted by molar-refractivity contribution is 0.502. The third-order valence-corrected chi connectivity index (χ3v) is 2.96. The summed E-state index contributed by atoms with van der Waals surface area (Å²) in [5.41, 5.74) is 7.95. The zero-order chi connectivity index (χ0) is 10.8. The number of piperidine rings is 1. The van der Waals surface area contributed by atoms with E-state index >= 15 is 0 Å². The van der Waals surface area contributed by atoms with Crippen LogP contribution in [0.15, 0.2) is 6.20 Å². The molecule has 1 aromatic rings. The number of rotatable bonds is 1. The number of anilines is 1. The van der Waals surface area contributed by atoms with Crippen molar-refractivity contribution in [3.63, 3.8) is 0 Å². The Morgan fingerprint density at radius 3 is 2.87 bits per heavy atom. The molecule has 0 aliphatic carbocycles. The summed E-state index contributed by atoms with van der Waals surface area (Å²) >= 11 is 0. The van der Waals surface area contributed by atoms with Crippen LogP contribution in [-0.4, -0.2) is 29.1 Å². The molecule has 1 atom stereocenters. The maximum atomic E-state index is 5.94. The van der Waals surface area contributed by atoms with Crippen molar-refractivity contribution in [1.29, 1.82) is 0 Å². The van der Waals surface area contributed by atoms with Crippen LogP contribution in [0.25, 0.3) is 0 Å². The second-order valence-electron chi connectivity index (χ2n) is 4.25. The Labute approximate surface area is 90.5 Å². The molecule has 4 nitrogen and oxygen atoms in total. The summed E-state index contributed by atoms with van der Waals surface area (Å²) in [6, 6.07) is 0.280. The smallest absolute Gasteiger partial charge is 0.147 e. The van der Waals surface area contributed by atoms with Crippen molar-refractivity contribution in [3.8, 4) is 0 Å². The van der Waals surface area contributed by atoms with Crippen LogP contribution >= 0.6 is 0 Å². The van der Waals surface area contributed by atoms with Gasteiger partial charge in [0.25, 0.3) is 0 Å². The van der Waals surface area contributed by atoms with Crippen LogP contribution in [0, 0.1) is 13.8 Å². The first kappa shape index (κ1) is 10.4. The molecule has 2 N–H and O–H groups in total. The minimum atomic E-state index is 0.280. The molecule has 0 saturated carbocycles. The third-order valence-electron chi connectivity index (χ3n) is 2.96. The number of aryl methyl sites for hydroxylation is 2. The Morgan fingerprint density at radius 2 is 2.20 bits per heavy atom. The van der Waals surface area contributed by atoms with E-state index in [4.69, 9.17) is 5.73 Å². The summed E-state index contributed by atoms with van der Waals surface area (Å²) in [5, 5.41) is 0. The van der Waals surface area contributed by atoms with Gasteiger partial charge in [0.15, 0.2) is 0 Å². The van der Waals surface area contributed by atoms with Gasteiger partial charge in [-0.15, -0.1) is 0 Å². The van der Waals surface area contributed by atoms with Gasteiger partial charge in [-0.25, -0.2) is 4.98 Å². The molecule has 15 heavy (non-hydrogen) atoms. The van der Waals surface area contributed by atoms with Gasteiger partial charge in [-0.05, 0) is 26.7 Å². The van der Waals surface area contributed by atoms with Crippen molar-refractivity contribution in [2.75, 3.05) is 18.0 Å². The first-order valence-corrected chi connectivity index (χ1v) is 5.47. The van der Waals surface area contributed by atoms with Gasteiger partial charge >= 0.3 is 0 Å². The van der Waals surface area contributed by atoms with Crippen molar-refractivity contribution in [3.05, 3.63) is 17.6 Å². The summed E-state index contributed by atoms with van der Waals surface area (Å²) < 4.78 is 0. The van der Waals surface area contributed by atoms with Gasteiger partial charge in [0, 0.05) is 19.1 Å². The standard InChI is InChI=1S/C11H18N4/c1-8-9(2)14-11(6-13-8)15-5-3-4-10(12)7-15/h6,10H,3-5,7,12H2,1-2H3. The average molecular weight is 206 g/mol. The lowest BCUT2D eigenvalue weighted by atomic mass is 10.1. The Hall–Kier alpha value is -1.16. The summed E-state index contributed by atoms with van der Waals surface area (Å²) in [6.07, 6.45) is 4.12. The maximum absolute atomic E-state index is 5.94. The minimum Gasteiger partial charge on any atom is -0.354 e. The van der Waals surface area contributed by atoms with Gasteiger partial charge in [-0.3, -0.25) is 4.98 Å². The molecule has 0 aromatic carbocycles. The molecule has 1 fully saturated rings.